The first-order valence-corrected chi connectivity index (χ1v) is 14.6. The molecular formula is C31H34N2O9S. The summed E-state index contributed by atoms with van der Waals surface area (Å²) in [5.41, 5.74) is 1.59. The maximum Gasteiger partial charge on any atom is 0.513 e. The average Bonchev–Trinajstić information content (AvgIpc) is 3.30. The van der Waals surface area contributed by atoms with Crippen molar-refractivity contribution in [3.8, 4) is 17.2 Å². The van der Waals surface area contributed by atoms with Crippen molar-refractivity contribution in [2.45, 2.75) is 33.2 Å². The molecule has 1 aromatic heterocycles. The van der Waals surface area contributed by atoms with Crippen LogP contribution in [0.2, 0.25) is 0 Å². The van der Waals surface area contributed by atoms with Crippen LogP contribution >= 0.6 is 11.3 Å². The van der Waals surface area contributed by atoms with Gasteiger partial charge in [0.1, 0.15) is 18.4 Å². The number of carbonyl (C=O) groups excluding carboxylic acids is 2. The number of carbonyl (C=O) groups is 2. The summed E-state index contributed by atoms with van der Waals surface area (Å²) in [4.78, 5) is 44.3. The molecule has 0 aliphatic carbocycles. The lowest BCUT2D eigenvalue weighted by Gasteiger charge is -2.26. The van der Waals surface area contributed by atoms with E-state index in [0.29, 0.717) is 38.5 Å². The van der Waals surface area contributed by atoms with Crippen LogP contribution in [0, 0.1) is 0 Å². The number of aromatic nitrogens is 1. The van der Waals surface area contributed by atoms with Gasteiger partial charge in [-0.1, -0.05) is 42.5 Å². The van der Waals surface area contributed by atoms with Crippen LogP contribution < -0.4 is 29.1 Å². The number of hydrogen-bond donors (Lipinski definition) is 0. The minimum absolute atomic E-state index is 0.0505. The van der Waals surface area contributed by atoms with Gasteiger partial charge in [0.2, 0.25) is 0 Å². The average molecular weight is 611 g/mol. The Kier molecular flexibility index (Phi) is 10.7. The number of hydrogen-bond acceptors (Lipinski definition) is 11. The molecule has 1 aliphatic heterocycles. The summed E-state index contributed by atoms with van der Waals surface area (Å²) < 4.78 is 33.9. The molecular weight excluding hydrogens is 576 g/mol. The van der Waals surface area contributed by atoms with E-state index in [9.17, 15) is 14.4 Å². The van der Waals surface area contributed by atoms with Crippen LogP contribution in [-0.4, -0.2) is 57.3 Å². The van der Waals surface area contributed by atoms with E-state index in [1.54, 1.807) is 38.1 Å². The predicted octanol–water partition coefficient (Wildman–Crippen LogP) is 3.76. The Balaban J connectivity index is 1.84. The molecule has 12 heteroatoms. The number of esters is 1. The third-order valence-corrected chi connectivity index (χ3v) is 7.36. The lowest BCUT2D eigenvalue weighted by Crippen LogP contribution is -2.40. The number of allylic oxidation sites excluding steroid dienone is 1. The van der Waals surface area contributed by atoms with Gasteiger partial charge in [-0.25, -0.2) is 14.6 Å². The van der Waals surface area contributed by atoms with Crippen molar-refractivity contribution < 1.29 is 38.0 Å². The Morgan fingerprint density at radius 1 is 1.00 bits per heavy atom. The molecule has 1 aliphatic rings. The zero-order valence-corrected chi connectivity index (χ0v) is 25.5. The molecule has 228 valence electrons. The molecule has 3 aromatic rings. The Morgan fingerprint density at radius 3 is 2.51 bits per heavy atom. The standard InChI is InChI=1S/C31H34N2O9S/c1-6-14-40-22-11-9-8-10-21(22)27-26(29(35)41-16-15-37-4)19(3)32-30-33(27)28(34)25(43-30)18-20-12-13-23(24(17-20)38-5)42-31(36)39-7-2/h8-13,17-18,27H,6-7,14-16H2,1-5H3/b25-18+/t27-/m1/s1. The third kappa shape index (κ3) is 7.15. The van der Waals surface area contributed by atoms with Crippen LogP contribution in [-0.2, 0) is 19.0 Å². The molecule has 0 radical (unpaired) electrons. The van der Waals surface area contributed by atoms with Crippen molar-refractivity contribution in [1.82, 2.24) is 4.57 Å². The zero-order chi connectivity index (χ0) is 30.9. The van der Waals surface area contributed by atoms with Crippen molar-refractivity contribution in [3.63, 3.8) is 0 Å². The highest BCUT2D eigenvalue weighted by Crippen LogP contribution is 2.36. The molecule has 0 spiro atoms. The monoisotopic (exact) mass is 610 g/mol. The quantitative estimate of drug-likeness (QED) is 0.171. The number of ether oxygens (including phenoxy) is 6. The van der Waals surface area contributed by atoms with Crippen molar-refractivity contribution in [3.05, 3.63) is 84.5 Å². The molecule has 0 saturated carbocycles. The summed E-state index contributed by atoms with van der Waals surface area (Å²) in [7, 11) is 2.96. The van der Waals surface area contributed by atoms with E-state index < -0.39 is 18.2 Å². The van der Waals surface area contributed by atoms with Gasteiger partial charge in [-0.15, -0.1) is 0 Å². The van der Waals surface area contributed by atoms with Gasteiger partial charge in [0.15, 0.2) is 16.3 Å². The van der Waals surface area contributed by atoms with E-state index >= 15 is 0 Å². The van der Waals surface area contributed by atoms with Crippen LogP contribution in [0.15, 0.2) is 63.5 Å². The maximum atomic E-state index is 14.0. The molecule has 2 heterocycles. The second-order valence-corrected chi connectivity index (χ2v) is 10.3. The predicted molar refractivity (Wildman–Crippen MR) is 159 cm³/mol. The van der Waals surface area contributed by atoms with Gasteiger partial charge in [-0.2, -0.15) is 0 Å². The SMILES string of the molecule is CCCOc1ccccc1[C@@H]1C(C(=O)OCCOC)=C(C)N=c2s/c(=C/c3ccc(OC(=O)OCC)c(OC)c3)c(=O)n21. The summed E-state index contributed by atoms with van der Waals surface area (Å²) in [6.45, 7) is 6.31. The fraction of sp³-hybridized carbons (Fsp3) is 0.355. The van der Waals surface area contributed by atoms with Crippen LogP contribution in [0.5, 0.6) is 17.2 Å². The van der Waals surface area contributed by atoms with Crippen molar-refractivity contribution in [2.24, 2.45) is 4.99 Å². The lowest BCUT2D eigenvalue weighted by molar-refractivity contribution is -0.140. The number of fused-ring (bicyclic) bond motifs is 1. The molecule has 0 amide bonds. The number of rotatable bonds is 12. The molecule has 2 aromatic carbocycles. The highest BCUT2D eigenvalue weighted by molar-refractivity contribution is 7.07. The van der Waals surface area contributed by atoms with Gasteiger partial charge in [0.05, 0.1) is 42.7 Å². The Bertz CT molecular complexity index is 1690. The first kappa shape index (κ1) is 31.5. The number of benzene rings is 2. The summed E-state index contributed by atoms with van der Waals surface area (Å²) in [5.74, 6) is 0.425. The second-order valence-electron chi connectivity index (χ2n) is 9.29. The normalized spacial score (nSPS) is 14.5. The number of nitrogens with zero attached hydrogens (tertiary/aromatic N) is 2. The fourth-order valence-corrected chi connectivity index (χ4v) is 5.52. The zero-order valence-electron chi connectivity index (χ0n) is 24.7. The molecule has 1 atom stereocenters. The number of thiazole rings is 1. The van der Waals surface area contributed by atoms with E-state index in [-0.39, 0.29) is 42.5 Å². The molecule has 4 rings (SSSR count). The Labute approximate surface area is 252 Å². The molecule has 0 bridgehead atoms. The lowest BCUT2D eigenvalue weighted by atomic mass is 9.95. The highest BCUT2D eigenvalue weighted by Gasteiger charge is 2.35. The van der Waals surface area contributed by atoms with Crippen molar-refractivity contribution in [1.29, 1.82) is 0 Å². The minimum Gasteiger partial charge on any atom is -0.493 e. The largest absolute Gasteiger partial charge is 0.513 e. The number of para-hydroxylation sites is 1. The van der Waals surface area contributed by atoms with Crippen molar-refractivity contribution in [2.75, 3.05) is 40.6 Å². The molecule has 11 nitrogen and oxygen atoms in total. The van der Waals surface area contributed by atoms with E-state index in [1.807, 2.05) is 31.2 Å². The van der Waals surface area contributed by atoms with Crippen LogP contribution in [0.25, 0.3) is 6.08 Å². The van der Waals surface area contributed by atoms with Gasteiger partial charge in [-0.3, -0.25) is 9.36 Å². The van der Waals surface area contributed by atoms with Crippen LogP contribution in [0.3, 0.4) is 0 Å². The van der Waals surface area contributed by atoms with E-state index in [4.69, 9.17) is 28.4 Å². The summed E-state index contributed by atoms with van der Waals surface area (Å²) in [5, 5.41) is 0. The maximum absolute atomic E-state index is 14.0. The van der Waals surface area contributed by atoms with Crippen LogP contribution in [0.4, 0.5) is 4.79 Å². The van der Waals surface area contributed by atoms with E-state index in [0.717, 1.165) is 6.42 Å². The summed E-state index contributed by atoms with van der Waals surface area (Å²) in [6.07, 6.45) is 1.62. The molecule has 0 N–H and O–H groups in total. The Hall–Kier alpha value is -4.42. The molecule has 0 unspecified atom stereocenters. The topological polar surface area (TPSA) is 124 Å². The first-order valence-electron chi connectivity index (χ1n) is 13.8. The van der Waals surface area contributed by atoms with E-state index in [2.05, 4.69) is 4.99 Å². The van der Waals surface area contributed by atoms with Crippen LogP contribution in [0.1, 0.15) is 44.4 Å². The summed E-state index contributed by atoms with van der Waals surface area (Å²) >= 11 is 1.19. The van der Waals surface area contributed by atoms with Gasteiger partial charge in [-0.05, 0) is 50.1 Å². The Morgan fingerprint density at radius 2 is 1.79 bits per heavy atom. The van der Waals surface area contributed by atoms with Gasteiger partial charge in [0.25, 0.3) is 5.56 Å². The van der Waals surface area contributed by atoms with Gasteiger partial charge >= 0.3 is 12.1 Å². The van der Waals surface area contributed by atoms with E-state index in [1.165, 1.54) is 30.1 Å². The number of methoxy groups -OCH3 is 2. The summed E-state index contributed by atoms with van der Waals surface area (Å²) in [6, 6.07) is 11.4. The van der Waals surface area contributed by atoms with Gasteiger partial charge < -0.3 is 28.4 Å². The molecule has 43 heavy (non-hydrogen) atoms. The minimum atomic E-state index is -0.850. The highest BCUT2D eigenvalue weighted by atomic mass is 32.1. The second kappa shape index (κ2) is 14.7. The molecule has 0 fully saturated rings. The smallest absolute Gasteiger partial charge is 0.493 e. The van der Waals surface area contributed by atoms with Gasteiger partial charge in [0, 0.05) is 12.7 Å². The van der Waals surface area contributed by atoms with Crippen molar-refractivity contribution >= 4 is 29.5 Å². The molecule has 0 saturated heterocycles. The first-order chi connectivity index (χ1) is 20.8. The fourth-order valence-electron chi connectivity index (χ4n) is 4.47. The third-order valence-electron chi connectivity index (χ3n) is 6.38.